The molecular formula is C23H25BrClN5O2S. The van der Waals surface area contributed by atoms with Crippen molar-refractivity contribution in [2.24, 2.45) is 10.7 Å². The van der Waals surface area contributed by atoms with Gasteiger partial charge in [-0.3, -0.25) is 10.1 Å². The second-order valence-corrected chi connectivity index (χ2v) is 9.45. The molecule has 0 atom stereocenters. The topological polar surface area (TPSA) is 102 Å². The van der Waals surface area contributed by atoms with Crippen LogP contribution >= 0.6 is 39.1 Å². The van der Waals surface area contributed by atoms with Crippen LogP contribution in [0.4, 0.5) is 5.69 Å². The monoisotopic (exact) mass is 549 g/mol. The van der Waals surface area contributed by atoms with Gasteiger partial charge in [-0.25, -0.2) is 4.99 Å². The highest BCUT2D eigenvalue weighted by Gasteiger charge is 2.20. The number of ether oxygens (including phenoxy) is 1. The Bertz CT molecular complexity index is 1140. The molecule has 1 heterocycles. The molecule has 0 aliphatic rings. The average molecular weight is 551 g/mol. The van der Waals surface area contributed by atoms with Gasteiger partial charge in [0, 0.05) is 21.5 Å². The molecule has 7 nitrogen and oxygen atoms in total. The van der Waals surface area contributed by atoms with Crippen LogP contribution in [0.1, 0.15) is 34.1 Å². The number of anilines is 1. The van der Waals surface area contributed by atoms with E-state index >= 15 is 0 Å². The van der Waals surface area contributed by atoms with Gasteiger partial charge < -0.3 is 15.8 Å². The predicted molar refractivity (Wildman–Crippen MR) is 140 cm³/mol. The Balaban J connectivity index is 1.73. The molecule has 3 rings (SSSR count). The largest absolute Gasteiger partial charge is 0.497 e. The number of aliphatic imine (C=N–C) groups is 1. The zero-order valence-electron chi connectivity index (χ0n) is 18.5. The van der Waals surface area contributed by atoms with E-state index in [1.807, 2.05) is 43.3 Å². The molecule has 3 aromatic rings. The summed E-state index contributed by atoms with van der Waals surface area (Å²) in [6.07, 6.45) is 0.990. The van der Waals surface area contributed by atoms with Crippen molar-refractivity contribution >= 4 is 56.6 Å². The van der Waals surface area contributed by atoms with Crippen molar-refractivity contribution in [2.45, 2.75) is 26.8 Å². The maximum Gasteiger partial charge on any atom is 0.261 e. The number of benzene rings is 2. The van der Waals surface area contributed by atoms with Crippen LogP contribution < -0.4 is 21.1 Å². The number of aryl methyl sites for hydroxylation is 1. The van der Waals surface area contributed by atoms with Crippen molar-refractivity contribution in [3.8, 4) is 17.0 Å². The lowest BCUT2D eigenvalue weighted by Crippen LogP contribution is -2.37. The van der Waals surface area contributed by atoms with Crippen molar-refractivity contribution in [3.05, 3.63) is 61.9 Å². The predicted octanol–water partition coefficient (Wildman–Crippen LogP) is 5.61. The number of nitrogens with one attached hydrogen (secondary N) is 2. The fourth-order valence-corrected chi connectivity index (χ4v) is 4.89. The summed E-state index contributed by atoms with van der Waals surface area (Å²) in [5.74, 6) is 0.396. The van der Waals surface area contributed by atoms with Crippen LogP contribution in [0.25, 0.3) is 11.3 Å². The molecule has 1 amide bonds. The minimum absolute atomic E-state index is 0.0201. The van der Waals surface area contributed by atoms with Gasteiger partial charge >= 0.3 is 0 Å². The van der Waals surface area contributed by atoms with Gasteiger partial charge in [-0.1, -0.05) is 18.5 Å². The van der Waals surface area contributed by atoms with Gasteiger partial charge in [-0.15, -0.1) is 0 Å². The Morgan fingerprint density at radius 3 is 2.67 bits per heavy atom. The van der Waals surface area contributed by atoms with E-state index < -0.39 is 0 Å². The fraction of sp³-hybridized carbons (Fsp3) is 0.261. The van der Waals surface area contributed by atoms with Crippen molar-refractivity contribution in [3.63, 3.8) is 0 Å². The SMILES string of the molecule is CCCNc1c(Cl)cc(CN=C(N)NC(=O)c2c(-c3ccc(OC)cc3)nsc2C)cc1Br. The number of methoxy groups -OCH3 is 1. The molecule has 0 radical (unpaired) electrons. The molecule has 0 saturated heterocycles. The lowest BCUT2D eigenvalue weighted by Gasteiger charge is -2.11. The minimum atomic E-state index is -0.355. The molecule has 174 valence electrons. The van der Waals surface area contributed by atoms with Crippen LogP contribution in [0.15, 0.2) is 45.9 Å². The molecule has 0 bridgehead atoms. The Morgan fingerprint density at radius 2 is 2.03 bits per heavy atom. The van der Waals surface area contributed by atoms with Gasteiger partial charge in [0.15, 0.2) is 5.96 Å². The highest BCUT2D eigenvalue weighted by Crippen LogP contribution is 2.32. The Labute approximate surface area is 210 Å². The fourth-order valence-electron chi connectivity index (χ4n) is 3.12. The van der Waals surface area contributed by atoms with Crippen LogP contribution in [0.3, 0.4) is 0 Å². The first-order valence-electron chi connectivity index (χ1n) is 10.3. The van der Waals surface area contributed by atoms with Crippen LogP contribution in [-0.4, -0.2) is 29.9 Å². The van der Waals surface area contributed by atoms with Crippen molar-refractivity contribution in [2.75, 3.05) is 19.0 Å². The molecule has 0 spiro atoms. The quantitative estimate of drug-likeness (QED) is 0.250. The number of nitrogens with two attached hydrogens (primary N) is 1. The molecule has 0 saturated carbocycles. The van der Waals surface area contributed by atoms with Gasteiger partial charge in [0.1, 0.15) is 5.75 Å². The van der Waals surface area contributed by atoms with E-state index in [4.69, 9.17) is 22.1 Å². The zero-order chi connectivity index (χ0) is 24.0. The van der Waals surface area contributed by atoms with E-state index in [2.05, 4.69) is 42.9 Å². The summed E-state index contributed by atoms with van der Waals surface area (Å²) in [4.78, 5) is 18.0. The number of carbonyl (C=O) groups is 1. The zero-order valence-corrected chi connectivity index (χ0v) is 21.7. The van der Waals surface area contributed by atoms with Crippen molar-refractivity contribution in [1.29, 1.82) is 0 Å². The first-order valence-corrected chi connectivity index (χ1v) is 12.2. The molecular weight excluding hydrogens is 526 g/mol. The molecule has 33 heavy (non-hydrogen) atoms. The molecule has 10 heteroatoms. The third-order valence-corrected chi connectivity index (χ3v) is 6.46. The smallest absolute Gasteiger partial charge is 0.261 e. The number of guanidine groups is 1. The van der Waals surface area contributed by atoms with Crippen LogP contribution in [0.2, 0.25) is 5.02 Å². The van der Waals surface area contributed by atoms with Gasteiger partial charge in [-0.05, 0) is 82.8 Å². The number of carbonyl (C=O) groups excluding carboxylic acids is 1. The number of hydrogen-bond acceptors (Lipinski definition) is 6. The Hall–Kier alpha value is -2.62. The summed E-state index contributed by atoms with van der Waals surface area (Å²) in [5.41, 5.74) is 9.59. The number of nitrogens with zero attached hydrogens (tertiary/aromatic N) is 2. The number of rotatable bonds is 8. The van der Waals surface area contributed by atoms with E-state index in [1.54, 1.807) is 7.11 Å². The first-order chi connectivity index (χ1) is 15.8. The number of hydrogen-bond donors (Lipinski definition) is 3. The summed E-state index contributed by atoms with van der Waals surface area (Å²) in [7, 11) is 1.60. The lowest BCUT2D eigenvalue weighted by molar-refractivity contribution is 0.0977. The first kappa shape index (κ1) is 25.0. The molecule has 0 aliphatic carbocycles. The van der Waals surface area contributed by atoms with Crippen molar-refractivity contribution < 1.29 is 9.53 Å². The van der Waals surface area contributed by atoms with Crippen LogP contribution in [-0.2, 0) is 6.54 Å². The van der Waals surface area contributed by atoms with Gasteiger partial charge in [0.25, 0.3) is 5.91 Å². The maximum atomic E-state index is 13.0. The minimum Gasteiger partial charge on any atom is -0.497 e. The molecule has 1 aromatic heterocycles. The van der Waals surface area contributed by atoms with E-state index in [1.165, 1.54) is 11.5 Å². The van der Waals surface area contributed by atoms with E-state index in [0.717, 1.165) is 44.9 Å². The lowest BCUT2D eigenvalue weighted by atomic mass is 10.1. The maximum absolute atomic E-state index is 13.0. The third-order valence-electron chi connectivity index (χ3n) is 4.78. The average Bonchev–Trinajstić information content (AvgIpc) is 3.18. The number of halogens is 2. The standard InChI is InChI=1S/C23H25BrClN5O2S/c1-4-9-27-21-17(24)10-14(11-18(21)25)12-28-23(26)29-22(31)19-13(2)33-30-20(19)15-5-7-16(32-3)8-6-15/h5-8,10-11,27H,4,9,12H2,1-3H3,(H3,26,28,29,31). The highest BCUT2D eigenvalue weighted by molar-refractivity contribution is 9.10. The molecule has 2 aromatic carbocycles. The summed E-state index contributed by atoms with van der Waals surface area (Å²) in [6.45, 7) is 5.03. The Morgan fingerprint density at radius 1 is 1.30 bits per heavy atom. The summed E-state index contributed by atoms with van der Waals surface area (Å²) in [6, 6.07) is 11.1. The van der Waals surface area contributed by atoms with Crippen LogP contribution in [0, 0.1) is 6.92 Å². The third kappa shape index (κ3) is 6.25. The second kappa shape index (κ2) is 11.5. The highest BCUT2D eigenvalue weighted by atomic mass is 79.9. The molecule has 4 N–H and O–H groups in total. The van der Waals surface area contributed by atoms with Gasteiger partial charge in [0.2, 0.25) is 0 Å². The molecule has 0 aliphatic heterocycles. The number of aromatic nitrogens is 1. The van der Waals surface area contributed by atoms with Gasteiger partial charge in [-0.2, -0.15) is 4.37 Å². The number of amides is 1. The summed E-state index contributed by atoms with van der Waals surface area (Å²) in [5, 5.41) is 6.55. The summed E-state index contributed by atoms with van der Waals surface area (Å²) < 4.78 is 10.5. The van der Waals surface area contributed by atoms with E-state index in [9.17, 15) is 4.79 Å². The van der Waals surface area contributed by atoms with Crippen LogP contribution in [0.5, 0.6) is 5.75 Å². The molecule has 0 fully saturated rings. The summed E-state index contributed by atoms with van der Waals surface area (Å²) >= 11 is 11.2. The van der Waals surface area contributed by atoms with Gasteiger partial charge in [0.05, 0.1) is 35.6 Å². The van der Waals surface area contributed by atoms with E-state index in [0.29, 0.717) is 16.3 Å². The second-order valence-electron chi connectivity index (χ2n) is 7.21. The Kier molecular flexibility index (Phi) is 8.71. The normalized spacial score (nSPS) is 11.4. The van der Waals surface area contributed by atoms with E-state index in [-0.39, 0.29) is 18.4 Å². The van der Waals surface area contributed by atoms with Crippen molar-refractivity contribution in [1.82, 2.24) is 9.69 Å². The molecule has 0 unspecified atom stereocenters.